The average molecular weight is 375 g/mol. The van der Waals surface area contributed by atoms with Crippen molar-refractivity contribution in [3.05, 3.63) is 60.2 Å². The molecule has 0 aliphatic rings. The fourth-order valence-corrected chi connectivity index (χ4v) is 3.61. The summed E-state index contributed by atoms with van der Waals surface area (Å²) < 4.78 is 24.8. The first-order valence-corrected chi connectivity index (χ1v) is 10.3. The van der Waals surface area contributed by atoms with Crippen LogP contribution in [0.2, 0.25) is 0 Å². The zero-order valence-electron chi connectivity index (χ0n) is 15.3. The van der Waals surface area contributed by atoms with E-state index in [4.69, 9.17) is 0 Å². The molecule has 0 bridgehead atoms. The van der Waals surface area contributed by atoms with Crippen molar-refractivity contribution in [3.63, 3.8) is 0 Å². The molecule has 0 radical (unpaired) electrons. The molecule has 0 atom stereocenters. The standard InChI is InChI=1S/C19H25N3O3S/c1-4-22(26(3,24)25)18-12-10-16(11-13-18)19(23)20-14-15-21(2)17-8-6-5-7-9-17/h5-13H,4,14-15H2,1-3H3,(H,20,23). The van der Waals surface area contributed by atoms with Gasteiger partial charge >= 0.3 is 0 Å². The van der Waals surface area contributed by atoms with Crippen molar-refractivity contribution in [3.8, 4) is 0 Å². The Morgan fingerprint density at radius 2 is 1.62 bits per heavy atom. The molecular formula is C19H25N3O3S. The highest BCUT2D eigenvalue weighted by atomic mass is 32.2. The first-order valence-electron chi connectivity index (χ1n) is 8.45. The number of nitrogens with zero attached hydrogens (tertiary/aromatic N) is 2. The molecule has 0 saturated heterocycles. The summed E-state index contributed by atoms with van der Waals surface area (Å²) in [6.45, 7) is 3.31. The van der Waals surface area contributed by atoms with Crippen LogP contribution in [0.15, 0.2) is 54.6 Å². The predicted octanol–water partition coefficient (Wildman–Crippen LogP) is 2.34. The number of benzene rings is 2. The Morgan fingerprint density at radius 1 is 1.00 bits per heavy atom. The van der Waals surface area contributed by atoms with Crippen LogP contribution in [0.4, 0.5) is 11.4 Å². The molecule has 0 aliphatic carbocycles. The molecule has 2 aromatic rings. The van der Waals surface area contributed by atoms with Gasteiger partial charge in [0.1, 0.15) is 0 Å². The Morgan fingerprint density at radius 3 is 2.15 bits per heavy atom. The number of para-hydroxylation sites is 1. The molecule has 0 aliphatic heterocycles. The third-order valence-corrected chi connectivity index (χ3v) is 5.30. The number of rotatable bonds is 8. The molecule has 140 valence electrons. The molecule has 0 saturated carbocycles. The van der Waals surface area contributed by atoms with Gasteiger partial charge in [-0.25, -0.2) is 8.42 Å². The minimum Gasteiger partial charge on any atom is -0.373 e. The highest BCUT2D eigenvalue weighted by molar-refractivity contribution is 7.92. The van der Waals surface area contributed by atoms with Crippen LogP contribution in [-0.4, -0.2) is 47.3 Å². The number of carbonyl (C=O) groups is 1. The third kappa shape index (κ3) is 5.23. The number of sulfonamides is 1. The van der Waals surface area contributed by atoms with Gasteiger partial charge in [0.25, 0.3) is 5.91 Å². The van der Waals surface area contributed by atoms with Gasteiger partial charge in [0.15, 0.2) is 0 Å². The van der Waals surface area contributed by atoms with Crippen LogP contribution in [0.25, 0.3) is 0 Å². The fraction of sp³-hybridized carbons (Fsp3) is 0.316. The molecule has 26 heavy (non-hydrogen) atoms. The van der Waals surface area contributed by atoms with E-state index in [2.05, 4.69) is 10.2 Å². The quantitative estimate of drug-likeness (QED) is 0.769. The number of carbonyl (C=O) groups excluding carboxylic acids is 1. The van der Waals surface area contributed by atoms with E-state index in [-0.39, 0.29) is 5.91 Å². The average Bonchev–Trinajstić information content (AvgIpc) is 2.62. The highest BCUT2D eigenvalue weighted by Crippen LogP contribution is 2.18. The maximum Gasteiger partial charge on any atom is 0.251 e. The Bertz CT molecular complexity index is 821. The summed E-state index contributed by atoms with van der Waals surface area (Å²) in [4.78, 5) is 14.3. The summed E-state index contributed by atoms with van der Waals surface area (Å²) in [5.74, 6) is -0.180. The van der Waals surface area contributed by atoms with Crippen LogP contribution in [0, 0.1) is 0 Å². The van der Waals surface area contributed by atoms with E-state index >= 15 is 0 Å². The van der Waals surface area contributed by atoms with Crippen LogP contribution in [0.3, 0.4) is 0 Å². The van der Waals surface area contributed by atoms with Crippen LogP contribution >= 0.6 is 0 Å². The molecule has 0 heterocycles. The summed E-state index contributed by atoms with van der Waals surface area (Å²) in [7, 11) is -1.35. The molecule has 6 nitrogen and oxygen atoms in total. The Balaban J connectivity index is 1.92. The lowest BCUT2D eigenvalue weighted by molar-refractivity contribution is 0.0954. The van der Waals surface area contributed by atoms with Gasteiger partial charge < -0.3 is 10.2 Å². The van der Waals surface area contributed by atoms with Gasteiger partial charge in [0, 0.05) is 37.9 Å². The van der Waals surface area contributed by atoms with Gasteiger partial charge in [0.05, 0.1) is 11.9 Å². The first-order chi connectivity index (χ1) is 12.3. The van der Waals surface area contributed by atoms with Crippen molar-refractivity contribution in [2.24, 2.45) is 0 Å². The van der Waals surface area contributed by atoms with Crippen molar-refractivity contribution in [1.29, 1.82) is 0 Å². The maximum atomic E-state index is 12.2. The number of hydrogen-bond donors (Lipinski definition) is 1. The smallest absolute Gasteiger partial charge is 0.251 e. The van der Waals surface area contributed by atoms with E-state index in [0.29, 0.717) is 30.9 Å². The largest absolute Gasteiger partial charge is 0.373 e. The molecule has 7 heteroatoms. The minimum atomic E-state index is -3.32. The molecular weight excluding hydrogens is 350 g/mol. The van der Waals surface area contributed by atoms with Crippen molar-refractivity contribution < 1.29 is 13.2 Å². The van der Waals surface area contributed by atoms with E-state index in [1.54, 1.807) is 31.2 Å². The molecule has 0 aromatic heterocycles. The van der Waals surface area contributed by atoms with E-state index in [1.807, 2.05) is 37.4 Å². The van der Waals surface area contributed by atoms with Crippen LogP contribution < -0.4 is 14.5 Å². The Hall–Kier alpha value is -2.54. The Kier molecular flexibility index (Phi) is 6.63. The van der Waals surface area contributed by atoms with Gasteiger partial charge in [-0.3, -0.25) is 9.10 Å². The lowest BCUT2D eigenvalue weighted by Gasteiger charge is -2.21. The van der Waals surface area contributed by atoms with Gasteiger partial charge in [-0.2, -0.15) is 0 Å². The number of nitrogens with one attached hydrogen (secondary N) is 1. The number of anilines is 2. The molecule has 1 amide bonds. The fourth-order valence-electron chi connectivity index (χ4n) is 2.64. The maximum absolute atomic E-state index is 12.2. The number of hydrogen-bond acceptors (Lipinski definition) is 4. The zero-order valence-corrected chi connectivity index (χ0v) is 16.2. The van der Waals surface area contributed by atoms with Crippen LogP contribution in [0.5, 0.6) is 0 Å². The molecule has 2 rings (SSSR count). The molecule has 0 fully saturated rings. The second-order valence-electron chi connectivity index (χ2n) is 5.99. The predicted molar refractivity (Wildman–Crippen MR) is 106 cm³/mol. The molecule has 2 aromatic carbocycles. The first kappa shape index (κ1) is 19.8. The van der Waals surface area contributed by atoms with E-state index < -0.39 is 10.0 Å². The van der Waals surface area contributed by atoms with Crippen molar-refractivity contribution >= 4 is 27.3 Å². The van der Waals surface area contributed by atoms with Gasteiger partial charge in [-0.05, 0) is 43.3 Å². The second-order valence-corrected chi connectivity index (χ2v) is 7.89. The summed E-state index contributed by atoms with van der Waals surface area (Å²) in [5, 5.41) is 2.88. The SMILES string of the molecule is CCN(c1ccc(C(=O)NCCN(C)c2ccccc2)cc1)S(C)(=O)=O. The van der Waals surface area contributed by atoms with Gasteiger partial charge in [0.2, 0.25) is 10.0 Å². The monoisotopic (exact) mass is 375 g/mol. The summed E-state index contributed by atoms with van der Waals surface area (Å²) in [5.41, 5.74) is 2.14. The van der Waals surface area contributed by atoms with Crippen LogP contribution in [-0.2, 0) is 10.0 Å². The normalized spacial score (nSPS) is 11.0. The number of likely N-dealkylation sites (N-methyl/N-ethyl adjacent to an activating group) is 1. The highest BCUT2D eigenvalue weighted by Gasteiger charge is 2.15. The molecule has 1 N–H and O–H groups in total. The van der Waals surface area contributed by atoms with Crippen molar-refractivity contribution in [2.45, 2.75) is 6.92 Å². The van der Waals surface area contributed by atoms with Crippen molar-refractivity contribution in [2.75, 3.05) is 42.1 Å². The minimum absolute atomic E-state index is 0.180. The van der Waals surface area contributed by atoms with Crippen LogP contribution in [0.1, 0.15) is 17.3 Å². The van der Waals surface area contributed by atoms with Gasteiger partial charge in [-0.1, -0.05) is 18.2 Å². The van der Waals surface area contributed by atoms with Gasteiger partial charge in [-0.15, -0.1) is 0 Å². The summed E-state index contributed by atoms with van der Waals surface area (Å²) in [6, 6.07) is 16.5. The summed E-state index contributed by atoms with van der Waals surface area (Å²) in [6.07, 6.45) is 1.17. The number of amides is 1. The topological polar surface area (TPSA) is 69.7 Å². The Labute approximate surface area is 155 Å². The third-order valence-electron chi connectivity index (χ3n) is 4.03. The lowest BCUT2D eigenvalue weighted by atomic mass is 10.2. The zero-order chi connectivity index (χ0) is 19.2. The molecule has 0 spiro atoms. The van der Waals surface area contributed by atoms with E-state index in [1.165, 1.54) is 10.6 Å². The van der Waals surface area contributed by atoms with Crippen molar-refractivity contribution in [1.82, 2.24) is 5.32 Å². The van der Waals surface area contributed by atoms with E-state index in [0.717, 1.165) is 5.69 Å². The van der Waals surface area contributed by atoms with E-state index in [9.17, 15) is 13.2 Å². The molecule has 0 unspecified atom stereocenters. The summed E-state index contributed by atoms with van der Waals surface area (Å²) >= 11 is 0. The lowest BCUT2D eigenvalue weighted by Crippen LogP contribution is -2.33. The second kappa shape index (κ2) is 8.71.